The maximum atomic E-state index is 14.8. The number of phenols is 1. The van der Waals surface area contributed by atoms with Gasteiger partial charge in [0.15, 0.2) is 22.3 Å². The quantitative estimate of drug-likeness (QED) is 0.0360. The first kappa shape index (κ1) is 53.5. The molecule has 0 saturated carbocycles. The number of aliphatic hydroxyl groups is 1. The van der Waals surface area contributed by atoms with Crippen LogP contribution in [0.4, 0.5) is 5.69 Å². The lowest BCUT2D eigenvalue weighted by molar-refractivity contribution is -0.935. The van der Waals surface area contributed by atoms with Gasteiger partial charge in [-0.2, -0.15) is 0 Å². The molecule has 1 aromatic heterocycles. The number of ketones is 1. The number of likely N-dealkylation sites (N-methyl/N-ethyl adjacent to an activating group) is 1. The standard InChI is InChI=1S/C54H71N3O13/c1-28-17-16-18-29(2)52(63)56-44-47(61)41-40(43-50(44)69-39-27-36(19-20-37(39)55-43)66-26-25-65-24-22-57(13,14)53(9,10)11)42-49(34(7)46(41)60)70-54(12,51(42)62)67-23-21-38(64-15)33(6)48(68-35(8)58)32(5)30(3)31(4)45(28)59/h16-21,23,27-28,30-33,38,45,48,59H,22,24-26H2,1-15H3,(H-,55,56,60,61,62,63)/p+1/b17-16+,23-21+,29-18-/t28-,30+,31-,32+,33+,38-,45-,48-,54-/m0/s1. The second kappa shape index (κ2) is 20.9. The van der Waals surface area contributed by atoms with E-state index in [0.29, 0.717) is 24.5 Å². The fourth-order valence-corrected chi connectivity index (χ4v) is 9.04. The lowest BCUT2D eigenvalue weighted by atomic mass is 9.73. The third-order valence-electron chi connectivity index (χ3n) is 15.0. The lowest BCUT2D eigenvalue weighted by Crippen LogP contribution is -2.55. The summed E-state index contributed by atoms with van der Waals surface area (Å²) in [5, 5.41) is 26.2. The van der Waals surface area contributed by atoms with Gasteiger partial charge in [-0.1, -0.05) is 52.8 Å². The fraction of sp³-hybridized carbons (Fsp3) is 0.537. The molecule has 380 valence electrons. The van der Waals surface area contributed by atoms with Crippen molar-refractivity contribution in [1.82, 2.24) is 4.98 Å². The first-order valence-corrected chi connectivity index (χ1v) is 24.0. The number of aliphatic hydroxyl groups excluding tert-OH is 1. The minimum Gasteiger partial charge on any atom is -0.505 e. The van der Waals surface area contributed by atoms with E-state index in [-0.39, 0.29) is 91.4 Å². The van der Waals surface area contributed by atoms with Crippen LogP contribution in [0.5, 0.6) is 17.2 Å². The summed E-state index contributed by atoms with van der Waals surface area (Å²) in [5.74, 6) is -5.58. The molecule has 4 bridgehead atoms. The van der Waals surface area contributed by atoms with Crippen molar-refractivity contribution >= 4 is 56.3 Å². The second-order valence-electron chi connectivity index (χ2n) is 20.8. The van der Waals surface area contributed by atoms with Gasteiger partial charge in [-0.05, 0) is 70.6 Å². The molecule has 70 heavy (non-hydrogen) atoms. The molecule has 3 N–H and O–H groups in total. The molecule has 3 heterocycles. The van der Waals surface area contributed by atoms with Crippen LogP contribution in [0.3, 0.4) is 0 Å². The summed E-state index contributed by atoms with van der Waals surface area (Å²) in [5.41, 5.74) is -0.360. The number of ether oxygens (including phenoxy) is 6. The summed E-state index contributed by atoms with van der Waals surface area (Å²) >= 11 is 0. The number of Topliss-reactive ketones (excluding diaryl/α,β-unsaturated/α-hetero) is 1. The summed E-state index contributed by atoms with van der Waals surface area (Å²) in [4.78, 5) is 60.7. The highest BCUT2D eigenvalue weighted by Gasteiger charge is 2.49. The minimum absolute atomic E-state index is 0.00699. The second-order valence-corrected chi connectivity index (χ2v) is 20.8. The Morgan fingerprint density at radius 3 is 2.31 bits per heavy atom. The van der Waals surface area contributed by atoms with E-state index in [1.807, 2.05) is 34.6 Å². The highest BCUT2D eigenvalue weighted by molar-refractivity contribution is 6.26. The number of aromatic nitrogens is 1. The third kappa shape index (κ3) is 10.6. The summed E-state index contributed by atoms with van der Waals surface area (Å²) in [6.45, 7) is 24.0. The summed E-state index contributed by atoms with van der Waals surface area (Å²) in [6.07, 6.45) is 5.73. The minimum atomic E-state index is -2.02. The van der Waals surface area contributed by atoms with E-state index in [0.717, 1.165) is 11.0 Å². The first-order valence-electron chi connectivity index (χ1n) is 24.0. The number of aromatic hydroxyl groups is 1. The monoisotopic (exact) mass is 971 g/mol. The zero-order chi connectivity index (χ0) is 51.8. The first-order chi connectivity index (χ1) is 32.7. The van der Waals surface area contributed by atoms with Crippen LogP contribution >= 0.6 is 0 Å². The van der Waals surface area contributed by atoms with E-state index < -0.39 is 58.9 Å². The van der Waals surface area contributed by atoms with Gasteiger partial charge in [0, 0.05) is 55.4 Å². The van der Waals surface area contributed by atoms with Gasteiger partial charge in [0.2, 0.25) is 0 Å². The molecular weight excluding hydrogens is 899 g/mol. The number of esters is 1. The molecular formula is C54H72N3O13+. The molecule has 3 aromatic carbocycles. The number of fused-ring (bicyclic) bond motifs is 2. The zero-order valence-electron chi connectivity index (χ0n) is 43.3. The summed E-state index contributed by atoms with van der Waals surface area (Å²) < 4.78 is 43.5. The van der Waals surface area contributed by atoms with Crippen LogP contribution in [0.25, 0.3) is 33.0 Å². The smallest absolute Gasteiger partial charge is 0.312 e. The third-order valence-corrected chi connectivity index (χ3v) is 15.0. The zero-order valence-corrected chi connectivity index (χ0v) is 43.3. The number of benzene rings is 3. The molecule has 4 aromatic rings. The van der Waals surface area contributed by atoms with E-state index in [2.05, 4.69) is 40.2 Å². The van der Waals surface area contributed by atoms with Crippen molar-refractivity contribution in [3.8, 4) is 17.2 Å². The lowest BCUT2D eigenvalue weighted by Gasteiger charge is -2.42. The molecule has 9 atom stereocenters. The van der Waals surface area contributed by atoms with Crippen LogP contribution in [-0.4, -0.2) is 115 Å². The summed E-state index contributed by atoms with van der Waals surface area (Å²) in [7, 11) is 5.84. The van der Waals surface area contributed by atoms with Crippen molar-refractivity contribution in [3.63, 3.8) is 0 Å². The molecule has 16 heteroatoms. The van der Waals surface area contributed by atoms with Crippen LogP contribution in [0.15, 0.2) is 63.6 Å². The Balaban J connectivity index is 1.48. The van der Waals surface area contributed by atoms with Crippen LogP contribution in [0.2, 0.25) is 0 Å². The number of phenolic OH excluding ortho intramolecular Hbond substituents is 1. The van der Waals surface area contributed by atoms with Crippen LogP contribution in [-0.2, 0) is 28.5 Å². The molecule has 0 aliphatic carbocycles. The Morgan fingerprint density at radius 2 is 1.66 bits per heavy atom. The number of hydrogen-bond donors (Lipinski definition) is 3. The van der Waals surface area contributed by atoms with E-state index in [1.54, 1.807) is 49.4 Å². The molecule has 6 rings (SSSR count). The van der Waals surface area contributed by atoms with Gasteiger partial charge >= 0.3 is 11.8 Å². The number of anilines is 1. The van der Waals surface area contributed by atoms with Gasteiger partial charge in [-0.25, -0.2) is 4.98 Å². The molecule has 0 fully saturated rings. The van der Waals surface area contributed by atoms with Crippen molar-refractivity contribution in [2.45, 2.75) is 113 Å². The molecule has 0 unspecified atom stereocenters. The summed E-state index contributed by atoms with van der Waals surface area (Å²) in [6, 6.07) is 4.98. The van der Waals surface area contributed by atoms with Gasteiger partial charge in [0.1, 0.15) is 47.5 Å². The Morgan fingerprint density at radius 1 is 0.957 bits per heavy atom. The number of carbonyl (C=O) groups excluding carboxylic acids is 3. The average Bonchev–Trinajstić information content (AvgIpc) is 3.57. The largest absolute Gasteiger partial charge is 0.505 e. The highest BCUT2D eigenvalue weighted by Crippen LogP contribution is 2.48. The van der Waals surface area contributed by atoms with E-state index in [1.165, 1.54) is 34.1 Å². The normalized spacial score (nSPS) is 27.7. The topological polar surface area (TPSA) is 202 Å². The Labute approximate surface area is 410 Å². The predicted octanol–water partition coefficient (Wildman–Crippen LogP) is 8.54. The fourth-order valence-electron chi connectivity index (χ4n) is 9.04. The van der Waals surface area contributed by atoms with Crippen LogP contribution in [0, 0.1) is 36.5 Å². The van der Waals surface area contributed by atoms with Crippen molar-refractivity contribution in [2.24, 2.45) is 29.6 Å². The maximum absolute atomic E-state index is 14.8. The van der Waals surface area contributed by atoms with Gasteiger partial charge in [0.05, 0.1) is 62.3 Å². The highest BCUT2D eigenvalue weighted by atomic mass is 16.7. The number of rotatable bonds is 9. The van der Waals surface area contributed by atoms with Crippen molar-refractivity contribution < 1.29 is 61.9 Å². The molecule has 2 aliphatic rings. The molecule has 1 amide bonds. The van der Waals surface area contributed by atoms with Crippen molar-refractivity contribution in [2.75, 3.05) is 52.9 Å². The predicted molar refractivity (Wildman–Crippen MR) is 268 cm³/mol. The van der Waals surface area contributed by atoms with E-state index in [9.17, 15) is 29.4 Å². The number of amides is 1. The molecule has 2 aliphatic heterocycles. The number of quaternary nitrogens is 1. The Bertz CT molecular complexity index is 2800. The number of nitrogens with zero attached hydrogens (tertiary/aromatic N) is 2. The average molecular weight is 971 g/mol. The number of hydrogen-bond acceptors (Lipinski definition) is 14. The SMILES string of the molecule is CO[C@H]1/C=C/O[C@@]2(C)Oc3c(C)c(=O)c4c(O)c(c5oc6cc(OCCOCC[N+](C)(C)C(C)(C)C)ccc6nc5c4c3C2=O)NC(=O)/C(C)=C\C=C\[C@H](C)[C@H](O)[C@@H](C)[C@@H](C)[C@@H](C)[C@H](OC(C)=O)[C@@H]1C. The number of methoxy groups -OCH3 is 1. The molecule has 0 saturated heterocycles. The molecule has 0 spiro atoms. The van der Waals surface area contributed by atoms with Gasteiger partial charge in [-0.3, -0.25) is 19.2 Å². The van der Waals surface area contributed by atoms with Crippen molar-refractivity contribution in [1.29, 1.82) is 0 Å². The van der Waals surface area contributed by atoms with Gasteiger partial charge in [0.25, 0.3) is 11.7 Å². The van der Waals surface area contributed by atoms with Gasteiger partial charge in [-0.15, -0.1) is 0 Å². The number of allylic oxidation sites excluding steroid dienone is 2. The van der Waals surface area contributed by atoms with Crippen LogP contribution < -0.4 is 20.2 Å². The van der Waals surface area contributed by atoms with Gasteiger partial charge < -0.3 is 52.9 Å². The Kier molecular flexibility index (Phi) is 16.0. The molecule has 16 nitrogen and oxygen atoms in total. The van der Waals surface area contributed by atoms with E-state index in [4.69, 9.17) is 37.8 Å². The van der Waals surface area contributed by atoms with Crippen LogP contribution in [0.1, 0.15) is 92.1 Å². The maximum Gasteiger partial charge on any atom is 0.312 e. The van der Waals surface area contributed by atoms with Crippen molar-refractivity contribution in [3.05, 3.63) is 75.7 Å². The number of nitrogens with one attached hydrogen (secondary N) is 1. The Hall–Kier alpha value is -5.81. The van der Waals surface area contributed by atoms with E-state index >= 15 is 0 Å². The molecule has 0 radical (unpaired) electrons. The number of carbonyl (C=O) groups is 3.